The largest absolute Gasteiger partial charge is 0.507 e. The summed E-state index contributed by atoms with van der Waals surface area (Å²) in [4.78, 5) is 1.33. The summed E-state index contributed by atoms with van der Waals surface area (Å²) in [6.45, 7) is 0. The molecule has 0 bridgehead atoms. The van der Waals surface area contributed by atoms with Crippen LogP contribution in [0.5, 0.6) is 5.75 Å². The Morgan fingerprint density at radius 1 is 1.19 bits per heavy atom. The molecule has 1 heterocycles. The van der Waals surface area contributed by atoms with E-state index in [1.165, 1.54) is 56.2 Å². The smallest absolute Gasteiger partial charge is 0.126 e. The molecule has 1 nitrogen and oxygen atoms in total. The first-order valence-corrected chi connectivity index (χ1v) is 7.49. The van der Waals surface area contributed by atoms with Gasteiger partial charge >= 0.3 is 0 Å². The van der Waals surface area contributed by atoms with Crippen LogP contribution in [0.3, 0.4) is 0 Å². The summed E-state index contributed by atoms with van der Waals surface area (Å²) in [6, 6.07) is 1.91. The summed E-state index contributed by atoms with van der Waals surface area (Å²) >= 11 is 1.69. The molecule has 1 aliphatic rings. The van der Waals surface area contributed by atoms with Gasteiger partial charge in [-0.05, 0) is 24.8 Å². The molecule has 0 spiro atoms. The lowest BCUT2D eigenvalue weighted by Gasteiger charge is -2.21. The van der Waals surface area contributed by atoms with Crippen LogP contribution in [-0.2, 0) is 6.42 Å². The van der Waals surface area contributed by atoms with Crippen molar-refractivity contribution < 1.29 is 5.11 Å². The topological polar surface area (TPSA) is 20.2 Å². The lowest BCUT2D eigenvalue weighted by molar-refractivity contribution is 0.330. The summed E-state index contributed by atoms with van der Waals surface area (Å²) in [5.41, 5.74) is 0. The van der Waals surface area contributed by atoms with E-state index in [1.54, 1.807) is 11.3 Å². The van der Waals surface area contributed by atoms with Gasteiger partial charge in [-0.3, -0.25) is 0 Å². The second kappa shape index (κ2) is 6.29. The second-order valence-electron chi connectivity index (χ2n) is 5.02. The number of aromatic hydroxyl groups is 1. The van der Waals surface area contributed by atoms with Gasteiger partial charge in [-0.25, -0.2) is 0 Å². The predicted molar refractivity (Wildman–Crippen MR) is 70.1 cm³/mol. The van der Waals surface area contributed by atoms with Crippen molar-refractivity contribution in [3.05, 3.63) is 16.3 Å². The van der Waals surface area contributed by atoms with Crippen molar-refractivity contribution in [1.82, 2.24) is 0 Å². The quantitative estimate of drug-likeness (QED) is 0.734. The molecule has 0 saturated heterocycles. The van der Waals surface area contributed by atoms with Crippen LogP contribution in [0.1, 0.15) is 56.2 Å². The molecule has 0 radical (unpaired) electrons. The molecule has 1 saturated carbocycles. The molecular formula is C14H22OS. The molecule has 1 aromatic heterocycles. The van der Waals surface area contributed by atoms with Gasteiger partial charge in [-0.1, -0.05) is 44.9 Å². The van der Waals surface area contributed by atoms with Gasteiger partial charge in [0.25, 0.3) is 0 Å². The first kappa shape index (κ1) is 12.0. The number of hydrogen-bond acceptors (Lipinski definition) is 2. The van der Waals surface area contributed by atoms with E-state index in [1.807, 2.05) is 11.4 Å². The molecule has 1 fully saturated rings. The molecule has 0 atom stereocenters. The van der Waals surface area contributed by atoms with Crippen LogP contribution < -0.4 is 0 Å². The zero-order valence-corrected chi connectivity index (χ0v) is 10.8. The minimum Gasteiger partial charge on any atom is -0.507 e. The molecule has 2 rings (SSSR count). The molecular weight excluding hydrogens is 216 g/mol. The van der Waals surface area contributed by atoms with Gasteiger partial charge < -0.3 is 5.11 Å². The fraction of sp³-hybridized carbons (Fsp3) is 0.714. The first-order chi connectivity index (χ1) is 7.84. The van der Waals surface area contributed by atoms with Gasteiger partial charge in [-0.15, -0.1) is 11.3 Å². The van der Waals surface area contributed by atoms with Crippen molar-refractivity contribution in [3.8, 4) is 5.75 Å². The fourth-order valence-electron chi connectivity index (χ4n) is 2.71. The Kier molecular flexibility index (Phi) is 4.70. The first-order valence-electron chi connectivity index (χ1n) is 6.61. The van der Waals surface area contributed by atoms with Crippen LogP contribution in [-0.4, -0.2) is 5.11 Å². The van der Waals surface area contributed by atoms with Crippen LogP contribution in [0, 0.1) is 5.92 Å². The summed E-state index contributed by atoms with van der Waals surface area (Å²) < 4.78 is 0. The lowest BCUT2D eigenvalue weighted by Crippen LogP contribution is -2.05. The Bertz CT molecular complexity index is 299. The highest BCUT2D eigenvalue weighted by atomic mass is 32.1. The third-order valence-corrected chi connectivity index (χ3v) is 4.63. The molecule has 0 unspecified atom stereocenters. The van der Waals surface area contributed by atoms with Gasteiger partial charge in [0.1, 0.15) is 5.75 Å². The summed E-state index contributed by atoms with van der Waals surface area (Å²) in [5, 5.41) is 11.1. The van der Waals surface area contributed by atoms with Crippen molar-refractivity contribution in [2.24, 2.45) is 5.92 Å². The van der Waals surface area contributed by atoms with Crippen molar-refractivity contribution in [3.63, 3.8) is 0 Å². The van der Waals surface area contributed by atoms with Crippen LogP contribution in [0.25, 0.3) is 0 Å². The maximum atomic E-state index is 9.22. The maximum Gasteiger partial charge on any atom is 0.126 e. The van der Waals surface area contributed by atoms with Crippen LogP contribution in [0.4, 0.5) is 0 Å². The average molecular weight is 238 g/mol. The van der Waals surface area contributed by atoms with E-state index in [2.05, 4.69) is 0 Å². The van der Waals surface area contributed by atoms with Crippen molar-refractivity contribution in [1.29, 1.82) is 0 Å². The predicted octanol–water partition coefficient (Wildman–Crippen LogP) is 4.75. The summed E-state index contributed by atoms with van der Waals surface area (Å²) in [6.07, 6.45) is 12.6. The summed E-state index contributed by atoms with van der Waals surface area (Å²) in [5.74, 6) is 1.46. The lowest BCUT2D eigenvalue weighted by atomic mass is 9.85. The molecule has 0 amide bonds. The highest BCUT2D eigenvalue weighted by Crippen LogP contribution is 2.28. The van der Waals surface area contributed by atoms with E-state index >= 15 is 0 Å². The van der Waals surface area contributed by atoms with Gasteiger partial charge in [0.05, 0.1) is 0 Å². The Labute approximate surface area is 103 Å². The highest BCUT2D eigenvalue weighted by Gasteiger charge is 2.12. The van der Waals surface area contributed by atoms with Crippen LogP contribution >= 0.6 is 11.3 Å². The zero-order chi connectivity index (χ0) is 11.2. The zero-order valence-electron chi connectivity index (χ0n) is 9.95. The molecule has 0 aromatic carbocycles. The SMILES string of the molecule is Oc1csc(CCCCC2CCCCC2)c1. The van der Waals surface area contributed by atoms with E-state index in [9.17, 15) is 5.11 Å². The Morgan fingerprint density at radius 3 is 2.69 bits per heavy atom. The monoisotopic (exact) mass is 238 g/mol. The normalized spacial score (nSPS) is 17.8. The fourth-order valence-corrected chi connectivity index (χ4v) is 3.50. The minimum atomic E-state index is 0.437. The maximum absolute atomic E-state index is 9.22. The molecule has 1 N–H and O–H groups in total. The Balaban J connectivity index is 1.57. The molecule has 90 valence electrons. The Hall–Kier alpha value is -0.500. The second-order valence-corrected chi connectivity index (χ2v) is 6.02. The van der Waals surface area contributed by atoms with Gasteiger partial charge in [0.15, 0.2) is 0 Å². The minimum absolute atomic E-state index is 0.437. The summed E-state index contributed by atoms with van der Waals surface area (Å²) in [7, 11) is 0. The Morgan fingerprint density at radius 2 is 2.00 bits per heavy atom. The highest BCUT2D eigenvalue weighted by molar-refractivity contribution is 7.10. The number of hydrogen-bond donors (Lipinski definition) is 1. The number of rotatable bonds is 5. The standard InChI is InChI=1S/C14H22OS/c15-13-10-14(16-11-13)9-5-4-8-12-6-2-1-3-7-12/h10-12,15H,1-9H2. The van der Waals surface area contributed by atoms with Crippen molar-refractivity contribution in [2.75, 3.05) is 0 Å². The van der Waals surface area contributed by atoms with E-state index in [-0.39, 0.29) is 0 Å². The average Bonchev–Trinajstić information content (AvgIpc) is 2.72. The third kappa shape index (κ3) is 3.82. The molecule has 2 heteroatoms. The van der Waals surface area contributed by atoms with Crippen LogP contribution in [0.15, 0.2) is 11.4 Å². The van der Waals surface area contributed by atoms with E-state index in [4.69, 9.17) is 0 Å². The van der Waals surface area contributed by atoms with E-state index in [0.29, 0.717) is 5.75 Å². The number of thiophene rings is 1. The number of aryl methyl sites for hydroxylation is 1. The molecule has 1 aromatic rings. The molecule has 0 aliphatic heterocycles. The van der Waals surface area contributed by atoms with E-state index in [0.717, 1.165) is 12.3 Å². The van der Waals surface area contributed by atoms with Gasteiger partial charge in [0, 0.05) is 10.3 Å². The molecule has 16 heavy (non-hydrogen) atoms. The van der Waals surface area contributed by atoms with Crippen LogP contribution in [0.2, 0.25) is 0 Å². The van der Waals surface area contributed by atoms with Gasteiger partial charge in [0.2, 0.25) is 0 Å². The molecule has 1 aliphatic carbocycles. The van der Waals surface area contributed by atoms with E-state index < -0.39 is 0 Å². The van der Waals surface area contributed by atoms with Crippen molar-refractivity contribution in [2.45, 2.75) is 57.8 Å². The third-order valence-electron chi connectivity index (χ3n) is 3.65. The van der Waals surface area contributed by atoms with Gasteiger partial charge in [-0.2, -0.15) is 0 Å². The number of unbranched alkanes of at least 4 members (excludes halogenated alkanes) is 1. The van der Waals surface area contributed by atoms with Crippen molar-refractivity contribution >= 4 is 11.3 Å².